The van der Waals surface area contributed by atoms with Crippen LogP contribution in [0.4, 0.5) is 8.78 Å². The van der Waals surface area contributed by atoms with Crippen LogP contribution in [0.15, 0.2) is 18.2 Å². The van der Waals surface area contributed by atoms with E-state index in [1.165, 1.54) is 12.1 Å². The molecule has 0 fully saturated rings. The number of hydrogen-bond acceptors (Lipinski definition) is 3. The smallest absolute Gasteiger partial charge is 0.167 e. The summed E-state index contributed by atoms with van der Waals surface area (Å²) >= 11 is 0. The maximum atomic E-state index is 13.2. The van der Waals surface area contributed by atoms with Crippen LogP contribution < -0.4 is 10.1 Å². The zero-order valence-corrected chi connectivity index (χ0v) is 10.5. The third-order valence-electron chi connectivity index (χ3n) is 2.28. The molecule has 1 aromatic carbocycles. The van der Waals surface area contributed by atoms with Gasteiger partial charge in [-0.25, -0.2) is 8.78 Å². The first-order chi connectivity index (χ1) is 8.74. The molecule has 18 heavy (non-hydrogen) atoms. The molecule has 0 bridgehead atoms. The second-order valence-corrected chi connectivity index (χ2v) is 3.72. The van der Waals surface area contributed by atoms with Crippen LogP contribution >= 0.6 is 0 Å². The second kappa shape index (κ2) is 8.83. The number of rotatable bonds is 9. The van der Waals surface area contributed by atoms with Crippen molar-refractivity contribution < 1.29 is 18.3 Å². The fourth-order valence-corrected chi connectivity index (χ4v) is 1.39. The topological polar surface area (TPSA) is 30.5 Å². The highest BCUT2D eigenvalue weighted by atomic mass is 19.1. The van der Waals surface area contributed by atoms with Gasteiger partial charge in [0.05, 0.1) is 0 Å². The summed E-state index contributed by atoms with van der Waals surface area (Å²) in [4.78, 5) is 0. The van der Waals surface area contributed by atoms with Crippen molar-refractivity contribution in [3.8, 4) is 5.75 Å². The van der Waals surface area contributed by atoms with Gasteiger partial charge in [-0.3, -0.25) is 0 Å². The Morgan fingerprint density at radius 3 is 2.72 bits per heavy atom. The third-order valence-corrected chi connectivity index (χ3v) is 2.28. The van der Waals surface area contributed by atoms with E-state index in [0.717, 1.165) is 32.2 Å². The first-order valence-electron chi connectivity index (χ1n) is 6.10. The lowest BCUT2D eigenvalue weighted by Gasteiger charge is -2.08. The molecule has 0 saturated carbocycles. The van der Waals surface area contributed by atoms with Crippen molar-refractivity contribution in [2.75, 3.05) is 32.9 Å². The summed E-state index contributed by atoms with van der Waals surface area (Å²) in [5, 5.41) is 3.14. The summed E-state index contributed by atoms with van der Waals surface area (Å²) in [5.41, 5.74) is 0. The van der Waals surface area contributed by atoms with Gasteiger partial charge in [0, 0.05) is 25.8 Å². The van der Waals surface area contributed by atoms with Crippen LogP contribution in [-0.2, 0) is 4.74 Å². The van der Waals surface area contributed by atoms with Crippen molar-refractivity contribution in [3.05, 3.63) is 29.8 Å². The van der Waals surface area contributed by atoms with Gasteiger partial charge in [-0.15, -0.1) is 0 Å². The van der Waals surface area contributed by atoms with Gasteiger partial charge in [-0.05, 0) is 32.0 Å². The minimum atomic E-state index is -0.675. The van der Waals surface area contributed by atoms with Gasteiger partial charge in [0.15, 0.2) is 11.6 Å². The van der Waals surface area contributed by atoms with Crippen LogP contribution in [0.5, 0.6) is 5.75 Å². The van der Waals surface area contributed by atoms with Crippen molar-refractivity contribution in [1.82, 2.24) is 5.32 Å². The number of halogens is 2. The van der Waals surface area contributed by atoms with E-state index < -0.39 is 11.6 Å². The molecule has 102 valence electrons. The summed E-state index contributed by atoms with van der Waals surface area (Å²) in [7, 11) is 0. The highest BCUT2D eigenvalue weighted by Gasteiger charge is 2.03. The van der Waals surface area contributed by atoms with Gasteiger partial charge in [-0.1, -0.05) is 0 Å². The summed E-state index contributed by atoms with van der Waals surface area (Å²) in [6.45, 7) is 5.21. The molecule has 1 rings (SSSR count). The molecule has 0 saturated heterocycles. The predicted octanol–water partition coefficient (Wildman–Crippen LogP) is 2.36. The van der Waals surface area contributed by atoms with E-state index in [0.29, 0.717) is 13.2 Å². The zero-order valence-electron chi connectivity index (χ0n) is 10.5. The Morgan fingerprint density at radius 2 is 2.00 bits per heavy atom. The Morgan fingerprint density at radius 1 is 1.17 bits per heavy atom. The van der Waals surface area contributed by atoms with Crippen LogP contribution in [-0.4, -0.2) is 32.9 Å². The minimum Gasteiger partial charge on any atom is -0.489 e. The standard InChI is InChI=1S/C13H19F2NO2/c1-2-17-8-3-6-16-7-9-18-13-5-4-11(14)10-12(13)15/h4-5,10,16H,2-3,6-9H2,1H3. The molecular formula is C13H19F2NO2. The predicted molar refractivity (Wildman–Crippen MR) is 65.8 cm³/mol. The first kappa shape index (κ1) is 14.9. The lowest BCUT2D eigenvalue weighted by atomic mass is 10.3. The Labute approximate surface area is 106 Å². The maximum Gasteiger partial charge on any atom is 0.167 e. The van der Waals surface area contributed by atoms with Crippen LogP contribution in [0, 0.1) is 11.6 Å². The first-order valence-corrected chi connectivity index (χ1v) is 6.10. The maximum absolute atomic E-state index is 13.2. The molecule has 0 aromatic heterocycles. The lowest BCUT2D eigenvalue weighted by molar-refractivity contribution is 0.144. The number of nitrogens with one attached hydrogen (secondary N) is 1. The van der Waals surface area contributed by atoms with Gasteiger partial charge in [0.1, 0.15) is 12.4 Å². The van der Waals surface area contributed by atoms with Crippen LogP contribution in [0.3, 0.4) is 0 Å². The van der Waals surface area contributed by atoms with Crippen molar-refractivity contribution in [2.24, 2.45) is 0 Å². The quantitative estimate of drug-likeness (QED) is 0.691. The number of benzene rings is 1. The van der Waals surface area contributed by atoms with Gasteiger partial charge < -0.3 is 14.8 Å². The fraction of sp³-hybridized carbons (Fsp3) is 0.538. The van der Waals surface area contributed by atoms with Crippen molar-refractivity contribution in [1.29, 1.82) is 0 Å². The Bertz CT molecular complexity index is 348. The van der Waals surface area contributed by atoms with Crippen molar-refractivity contribution in [3.63, 3.8) is 0 Å². The molecule has 3 nitrogen and oxygen atoms in total. The minimum absolute atomic E-state index is 0.0764. The summed E-state index contributed by atoms with van der Waals surface area (Å²) in [5.74, 6) is -1.20. The average Bonchev–Trinajstić information content (AvgIpc) is 2.35. The highest BCUT2D eigenvalue weighted by Crippen LogP contribution is 2.17. The summed E-state index contributed by atoms with van der Waals surface area (Å²) in [6.07, 6.45) is 0.929. The van der Waals surface area contributed by atoms with E-state index in [9.17, 15) is 8.78 Å². The molecule has 0 unspecified atom stereocenters. The van der Waals surface area contributed by atoms with Crippen LogP contribution in [0.25, 0.3) is 0 Å². The van der Waals surface area contributed by atoms with Gasteiger partial charge in [0.2, 0.25) is 0 Å². The van der Waals surface area contributed by atoms with E-state index in [1.807, 2.05) is 6.92 Å². The zero-order chi connectivity index (χ0) is 13.2. The normalized spacial score (nSPS) is 10.6. The highest BCUT2D eigenvalue weighted by molar-refractivity contribution is 5.24. The second-order valence-electron chi connectivity index (χ2n) is 3.72. The lowest BCUT2D eigenvalue weighted by Crippen LogP contribution is -2.23. The number of ether oxygens (including phenoxy) is 2. The molecule has 0 aliphatic carbocycles. The number of hydrogen-bond donors (Lipinski definition) is 1. The summed E-state index contributed by atoms with van der Waals surface area (Å²) < 4.78 is 36.1. The largest absolute Gasteiger partial charge is 0.489 e. The molecule has 0 aliphatic heterocycles. The van der Waals surface area contributed by atoms with E-state index >= 15 is 0 Å². The average molecular weight is 259 g/mol. The van der Waals surface area contributed by atoms with Gasteiger partial charge in [0.25, 0.3) is 0 Å². The van der Waals surface area contributed by atoms with E-state index in [1.54, 1.807) is 0 Å². The van der Waals surface area contributed by atoms with Crippen molar-refractivity contribution in [2.45, 2.75) is 13.3 Å². The third kappa shape index (κ3) is 5.93. The summed E-state index contributed by atoms with van der Waals surface area (Å²) in [6, 6.07) is 3.28. The van der Waals surface area contributed by atoms with Gasteiger partial charge >= 0.3 is 0 Å². The van der Waals surface area contributed by atoms with E-state index in [4.69, 9.17) is 9.47 Å². The molecular weight excluding hydrogens is 240 g/mol. The Hall–Kier alpha value is -1.20. The monoisotopic (exact) mass is 259 g/mol. The van der Waals surface area contributed by atoms with E-state index in [2.05, 4.69) is 5.32 Å². The Balaban J connectivity index is 2.07. The SMILES string of the molecule is CCOCCCNCCOc1ccc(F)cc1F. The fourth-order valence-electron chi connectivity index (χ4n) is 1.39. The molecule has 1 N–H and O–H groups in total. The van der Waals surface area contributed by atoms with Gasteiger partial charge in [-0.2, -0.15) is 0 Å². The molecule has 0 radical (unpaired) electrons. The molecule has 1 aromatic rings. The van der Waals surface area contributed by atoms with Crippen LogP contribution in [0.1, 0.15) is 13.3 Å². The van der Waals surface area contributed by atoms with Crippen LogP contribution in [0.2, 0.25) is 0 Å². The molecule has 0 heterocycles. The molecule has 5 heteroatoms. The van der Waals surface area contributed by atoms with E-state index in [-0.39, 0.29) is 5.75 Å². The van der Waals surface area contributed by atoms with Crippen molar-refractivity contribution >= 4 is 0 Å². The molecule has 0 spiro atoms. The molecule has 0 amide bonds. The molecule has 0 aliphatic rings. The Kier molecular flexibility index (Phi) is 7.29. The molecule has 0 atom stereocenters.